The smallest absolute Gasteiger partial charge is 0.239 e. The zero-order chi connectivity index (χ0) is 14.8. The van der Waals surface area contributed by atoms with Crippen molar-refractivity contribution in [3.8, 4) is 0 Å². The molecule has 3 rings (SSSR count). The Balaban J connectivity index is 1.53. The number of aromatic nitrogens is 2. The zero-order valence-corrected chi connectivity index (χ0v) is 12.2. The summed E-state index contributed by atoms with van der Waals surface area (Å²) in [6, 6.07) is 3.25. The number of amides is 1. The minimum absolute atomic E-state index is 0.0124. The Morgan fingerprint density at radius 3 is 3.00 bits per heavy atom. The number of carbonyl (C=O) groups excluding carboxylic acids is 1. The van der Waals surface area contributed by atoms with E-state index in [1.165, 1.54) is 0 Å². The van der Waals surface area contributed by atoms with Crippen molar-refractivity contribution in [3.05, 3.63) is 17.3 Å². The van der Waals surface area contributed by atoms with E-state index < -0.39 is 6.17 Å². The van der Waals surface area contributed by atoms with E-state index in [-0.39, 0.29) is 24.5 Å². The van der Waals surface area contributed by atoms with Crippen molar-refractivity contribution in [1.29, 1.82) is 0 Å². The van der Waals surface area contributed by atoms with Gasteiger partial charge in [-0.3, -0.25) is 4.79 Å². The van der Waals surface area contributed by atoms with Crippen LogP contribution in [0.15, 0.2) is 12.1 Å². The van der Waals surface area contributed by atoms with Gasteiger partial charge in [-0.05, 0) is 25.0 Å². The first-order valence-corrected chi connectivity index (χ1v) is 7.41. The van der Waals surface area contributed by atoms with Gasteiger partial charge in [0.2, 0.25) is 5.91 Å². The third-order valence-electron chi connectivity index (χ3n) is 3.86. The van der Waals surface area contributed by atoms with Crippen molar-refractivity contribution in [2.24, 2.45) is 0 Å². The minimum atomic E-state index is -0.881. The van der Waals surface area contributed by atoms with Crippen LogP contribution in [0.5, 0.6) is 0 Å². The lowest BCUT2D eigenvalue weighted by molar-refractivity contribution is -0.132. The summed E-state index contributed by atoms with van der Waals surface area (Å²) in [6.07, 6.45) is 0.213. The molecule has 1 aromatic heterocycles. The van der Waals surface area contributed by atoms with Crippen molar-refractivity contribution in [3.63, 3.8) is 0 Å². The standard InChI is InChI=1S/C13H17ClFN5O/c14-11-1-2-12(19-18-11)17-9-5-10(16-6-9)13(21)20-4-3-8(15)7-20/h1-2,8-10,16H,3-7H2,(H,17,19)/t8?,9-,10-/m0/s1. The predicted molar refractivity (Wildman–Crippen MR) is 77.0 cm³/mol. The van der Waals surface area contributed by atoms with Gasteiger partial charge in [0.25, 0.3) is 0 Å². The number of alkyl halides is 1. The van der Waals surface area contributed by atoms with Crippen LogP contribution < -0.4 is 10.6 Å². The fraction of sp³-hybridized carbons (Fsp3) is 0.615. The summed E-state index contributed by atoms with van der Waals surface area (Å²) >= 11 is 5.68. The van der Waals surface area contributed by atoms with E-state index in [0.717, 1.165) is 0 Å². The van der Waals surface area contributed by atoms with E-state index in [9.17, 15) is 9.18 Å². The van der Waals surface area contributed by atoms with Crippen LogP contribution in [0.2, 0.25) is 5.15 Å². The highest BCUT2D eigenvalue weighted by Gasteiger charge is 2.35. The average molecular weight is 314 g/mol. The summed E-state index contributed by atoms with van der Waals surface area (Å²) in [5, 5.41) is 14.4. The number of nitrogens with one attached hydrogen (secondary N) is 2. The maximum absolute atomic E-state index is 13.2. The van der Waals surface area contributed by atoms with Crippen LogP contribution in [0.1, 0.15) is 12.8 Å². The minimum Gasteiger partial charge on any atom is -0.364 e. The third-order valence-corrected chi connectivity index (χ3v) is 4.06. The summed E-state index contributed by atoms with van der Waals surface area (Å²) in [5.41, 5.74) is 0. The molecule has 21 heavy (non-hydrogen) atoms. The van der Waals surface area contributed by atoms with Crippen LogP contribution in [0.4, 0.5) is 10.2 Å². The van der Waals surface area contributed by atoms with Crippen molar-refractivity contribution in [1.82, 2.24) is 20.4 Å². The molecule has 0 aromatic carbocycles. The van der Waals surface area contributed by atoms with Crippen LogP contribution >= 0.6 is 11.6 Å². The van der Waals surface area contributed by atoms with Crippen LogP contribution in [-0.2, 0) is 4.79 Å². The summed E-state index contributed by atoms with van der Waals surface area (Å²) in [5.74, 6) is 0.617. The van der Waals surface area contributed by atoms with E-state index in [0.29, 0.717) is 36.9 Å². The van der Waals surface area contributed by atoms with Crippen molar-refractivity contribution < 1.29 is 9.18 Å². The number of likely N-dealkylation sites (tertiary alicyclic amines) is 1. The molecular formula is C13H17ClFN5O. The molecule has 3 atom stereocenters. The fourth-order valence-electron chi connectivity index (χ4n) is 2.77. The lowest BCUT2D eigenvalue weighted by Crippen LogP contribution is -2.42. The quantitative estimate of drug-likeness (QED) is 0.865. The predicted octanol–water partition coefficient (Wildman–Crippen LogP) is 0.843. The number of carbonyl (C=O) groups is 1. The number of halogens is 2. The van der Waals surface area contributed by atoms with Gasteiger partial charge in [0.15, 0.2) is 5.15 Å². The first kappa shape index (κ1) is 14.5. The third kappa shape index (κ3) is 3.41. The Bertz CT molecular complexity index is 514. The van der Waals surface area contributed by atoms with Crippen LogP contribution in [0.3, 0.4) is 0 Å². The first-order valence-electron chi connectivity index (χ1n) is 7.04. The maximum atomic E-state index is 13.2. The van der Waals surface area contributed by atoms with Crippen molar-refractivity contribution in [2.45, 2.75) is 31.1 Å². The molecule has 114 valence electrons. The molecule has 2 N–H and O–H groups in total. The summed E-state index contributed by atoms with van der Waals surface area (Å²) in [7, 11) is 0. The van der Waals surface area contributed by atoms with Gasteiger partial charge < -0.3 is 15.5 Å². The van der Waals surface area contributed by atoms with E-state index in [1.54, 1.807) is 17.0 Å². The first-order chi connectivity index (χ1) is 10.1. The lowest BCUT2D eigenvalue weighted by atomic mass is 10.1. The Kier molecular flexibility index (Phi) is 4.21. The topological polar surface area (TPSA) is 70.1 Å². The number of hydrogen-bond donors (Lipinski definition) is 2. The molecule has 8 heteroatoms. The van der Waals surface area contributed by atoms with Crippen molar-refractivity contribution >= 4 is 23.3 Å². The molecule has 0 aliphatic carbocycles. The second-order valence-corrected chi connectivity index (χ2v) is 5.84. The van der Waals surface area contributed by atoms with Crippen molar-refractivity contribution in [2.75, 3.05) is 25.0 Å². The molecule has 2 fully saturated rings. The van der Waals surface area contributed by atoms with E-state index in [4.69, 9.17) is 11.6 Å². The van der Waals surface area contributed by atoms with Crippen LogP contribution in [-0.4, -0.2) is 58.9 Å². The molecule has 2 aliphatic rings. The molecule has 3 heterocycles. The average Bonchev–Trinajstić information content (AvgIpc) is 3.10. The highest BCUT2D eigenvalue weighted by molar-refractivity contribution is 6.29. The summed E-state index contributed by atoms with van der Waals surface area (Å²) < 4.78 is 13.2. The molecule has 0 radical (unpaired) electrons. The van der Waals surface area contributed by atoms with E-state index in [2.05, 4.69) is 20.8 Å². The molecule has 1 aromatic rings. The Hall–Kier alpha value is -1.47. The van der Waals surface area contributed by atoms with Gasteiger partial charge >= 0.3 is 0 Å². The normalized spacial score (nSPS) is 28.9. The second kappa shape index (κ2) is 6.11. The molecule has 2 aliphatic heterocycles. The molecule has 0 spiro atoms. The lowest BCUT2D eigenvalue weighted by Gasteiger charge is -2.20. The Labute approximate surface area is 127 Å². The molecule has 0 bridgehead atoms. The SMILES string of the molecule is O=C([C@@H]1C[C@H](Nc2ccc(Cl)nn2)CN1)N1CCC(F)C1. The molecule has 0 saturated carbocycles. The molecular weight excluding hydrogens is 297 g/mol. The largest absolute Gasteiger partial charge is 0.364 e. The van der Waals surface area contributed by atoms with Gasteiger partial charge in [-0.2, -0.15) is 0 Å². The number of nitrogens with zero attached hydrogens (tertiary/aromatic N) is 3. The molecule has 6 nitrogen and oxygen atoms in total. The second-order valence-electron chi connectivity index (χ2n) is 5.45. The molecule has 1 unspecified atom stereocenters. The fourth-order valence-corrected chi connectivity index (χ4v) is 2.87. The number of hydrogen-bond acceptors (Lipinski definition) is 5. The van der Waals surface area contributed by atoms with E-state index in [1.807, 2.05) is 0 Å². The van der Waals surface area contributed by atoms with E-state index >= 15 is 0 Å². The summed E-state index contributed by atoms with van der Waals surface area (Å²) in [6.45, 7) is 1.39. The van der Waals surface area contributed by atoms with Gasteiger partial charge in [-0.15, -0.1) is 10.2 Å². The van der Waals surface area contributed by atoms with Crippen LogP contribution in [0, 0.1) is 0 Å². The number of rotatable bonds is 3. The molecule has 1 amide bonds. The maximum Gasteiger partial charge on any atom is 0.239 e. The van der Waals surface area contributed by atoms with Gasteiger partial charge in [-0.1, -0.05) is 11.6 Å². The highest BCUT2D eigenvalue weighted by Crippen LogP contribution is 2.18. The van der Waals surface area contributed by atoms with Gasteiger partial charge in [0.05, 0.1) is 12.6 Å². The summed E-state index contributed by atoms with van der Waals surface area (Å²) in [4.78, 5) is 13.9. The molecule has 2 saturated heterocycles. The Morgan fingerprint density at radius 1 is 1.48 bits per heavy atom. The number of anilines is 1. The zero-order valence-electron chi connectivity index (χ0n) is 11.4. The van der Waals surface area contributed by atoms with Gasteiger partial charge in [-0.25, -0.2) is 4.39 Å². The van der Waals surface area contributed by atoms with Crippen LogP contribution in [0.25, 0.3) is 0 Å². The highest BCUT2D eigenvalue weighted by atomic mass is 35.5. The van der Waals surface area contributed by atoms with Gasteiger partial charge in [0, 0.05) is 19.1 Å². The van der Waals surface area contributed by atoms with Gasteiger partial charge in [0.1, 0.15) is 12.0 Å². The Morgan fingerprint density at radius 2 is 2.33 bits per heavy atom. The monoisotopic (exact) mass is 313 g/mol.